The fourth-order valence-electron chi connectivity index (χ4n) is 2.29. The first-order chi connectivity index (χ1) is 13.2. The van der Waals surface area contributed by atoms with Crippen molar-refractivity contribution in [2.75, 3.05) is 60.3 Å². The molecule has 8 heteroatoms. The summed E-state index contributed by atoms with van der Waals surface area (Å²) in [4.78, 5) is 4.67. The van der Waals surface area contributed by atoms with Crippen LogP contribution in [0.5, 0.6) is 5.75 Å². The molecule has 1 aromatic rings. The summed E-state index contributed by atoms with van der Waals surface area (Å²) in [7, 11) is 3.34. The van der Waals surface area contributed by atoms with E-state index in [4.69, 9.17) is 18.9 Å². The van der Waals surface area contributed by atoms with E-state index in [2.05, 4.69) is 41.6 Å². The summed E-state index contributed by atoms with van der Waals surface area (Å²) in [6.07, 6.45) is 0.907. The number of aliphatic imine (C=N–C) groups is 1. The molecule has 0 fully saturated rings. The molecule has 28 heavy (non-hydrogen) atoms. The van der Waals surface area contributed by atoms with Crippen LogP contribution in [0.3, 0.4) is 0 Å². The Morgan fingerprint density at radius 1 is 1.00 bits per heavy atom. The van der Waals surface area contributed by atoms with Crippen LogP contribution >= 0.6 is 24.0 Å². The van der Waals surface area contributed by atoms with Crippen molar-refractivity contribution >= 4 is 29.9 Å². The van der Waals surface area contributed by atoms with E-state index in [1.807, 2.05) is 6.07 Å². The van der Waals surface area contributed by atoms with Crippen molar-refractivity contribution in [2.24, 2.45) is 4.99 Å². The van der Waals surface area contributed by atoms with Gasteiger partial charge in [-0.15, -0.1) is 24.0 Å². The standard InChI is InChI=1S/C20H35N3O4.HI/c1-5-21-20(22-9-6-10-26-13-11-24-3)23-16-18-8-7-17(2)15-19(18)27-14-12-25-4;/h7-8,15H,5-6,9-14,16H2,1-4H3,(H2,21,22,23);1H. The minimum absolute atomic E-state index is 0. The zero-order chi connectivity index (χ0) is 19.7. The van der Waals surface area contributed by atoms with Gasteiger partial charge in [0.2, 0.25) is 0 Å². The molecule has 0 atom stereocenters. The van der Waals surface area contributed by atoms with Crippen molar-refractivity contribution in [3.05, 3.63) is 29.3 Å². The van der Waals surface area contributed by atoms with E-state index in [1.165, 1.54) is 0 Å². The number of halogens is 1. The van der Waals surface area contributed by atoms with E-state index in [-0.39, 0.29) is 24.0 Å². The Morgan fingerprint density at radius 2 is 1.75 bits per heavy atom. The molecule has 162 valence electrons. The van der Waals surface area contributed by atoms with Crippen molar-refractivity contribution in [1.82, 2.24) is 10.6 Å². The summed E-state index contributed by atoms with van der Waals surface area (Å²) < 4.78 is 21.3. The second-order valence-corrected chi connectivity index (χ2v) is 6.03. The highest BCUT2D eigenvalue weighted by Crippen LogP contribution is 2.21. The van der Waals surface area contributed by atoms with Gasteiger partial charge in [0.25, 0.3) is 0 Å². The molecule has 1 rings (SSSR count). The number of ether oxygens (including phenoxy) is 4. The first kappa shape index (κ1) is 26.9. The number of rotatable bonds is 14. The molecule has 0 saturated carbocycles. The molecule has 0 aliphatic rings. The van der Waals surface area contributed by atoms with E-state index in [1.54, 1.807) is 14.2 Å². The number of aryl methyl sites for hydroxylation is 1. The zero-order valence-corrected chi connectivity index (χ0v) is 19.9. The average molecular weight is 509 g/mol. The van der Waals surface area contributed by atoms with Crippen molar-refractivity contribution in [3.63, 3.8) is 0 Å². The van der Waals surface area contributed by atoms with Gasteiger partial charge in [0.1, 0.15) is 12.4 Å². The van der Waals surface area contributed by atoms with Crippen molar-refractivity contribution in [1.29, 1.82) is 0 Å². The average Bonchev–Trinajstić information content (AvgIpc) is 2.66. The van der Waals surface area contributed by atoms with Gasteiger partial charge in [-0.05, 0) is 31.9 Å². The molecule has 0 amide bonds. The Hall–Kier alpha value is -1.10. The van der Waals surface area contributed by atoms with Gasteiger partial charge in [-0.2, -0.15) is 0 Å². The molecule has 0 aromatic heterocycles. The number of methoxy groups -OCH3 is 2. The predicted octanol–water partition coefficient (Wildman–Crippen LogP) is 2.75. The Kier molecular flexibility index (Phi) is 17.3. The van der Waals surface area contributed by atoms with Crippen molar-refractivity contribution < 1.29 is 18.9 Å². The smallest absolute Gasteiger partial charge is 0.191 e. The van der Waals surface area contributed by atoms with Crippen LogP contribution < -0.4 is 15.4 Å². The largest absolute Gasteiger partial charge is 0.491 e. The van der Waals surface area contributed by atoms with Crippen LogP contribution in [0.25, 0.3) is 0 Å². The summed E-state index contributed by atoms with van der Waals surface area (Å²) in [5.74, 6) is 1.65. The minimum Gasteiger partial charge on any atom is -0.491 e. The predicted molar refractivity (Wildman–Crippen MR) is 124 cm³/mol. The van der Waals surface area contributed by atoms with Crippen LogP contribution in [0.2, 0.25) is 0 Å². The van der Waals surface area contributed by atoms with Gasteiger partial charge in [-0.3, -0.25) is 0 Å². The minimum atomic E-state index is 0. The fourth-order valence-corrected chi connectivity index (χ4v) is 2.29. The summed E-state index contributed by atoms with van der Waals surface area (Å²) in [5, 5.41) is 6.60. The van der Waals surface area contributed by atoms with Crippen LogP contribution in [0, 0.1) is 6.92 Å². The van der Waals surface area contributed by atoms with Crippen LogP contribution in [0.1, 0.15) is 24.5 Å². The maximum Gasteiger partial charge on any atom is 0.191 e. The highest BCUT2D eigenvalue weighted by Gasteiger charge is 2.05. The molecule has 2 N–H and O–H groups in total. The highest BCUT2D eigenvalue weighted by molar-refractivity contribution is 14.0. The maximum absolute atomic E-state index is 5.83. The second kappa shape index (κ2) is 18.0. The summed E-state index contributed by atoms with van der Waals surface area (Å²) >= 11 is 0. The number of nitrogens with one attached hydrogen (secondary N) is 2. The maximum atomic E-state index is 5.83. The Morgan fingerprint density at radius 3 is 2.46 bits per heavy atom. The van der Waals surface area contributed by atoms with Gasteiger partial charge in [0.15, 0.2) is 5.96 Å². The normalized spacial score (nSPS) is 11.1. The van der Waals surface area contributed by atoms with Gasteiger partial charge in [-0.25, -0.2) is 4.99 Å². The fraction of sp³-hybridized carbons (Fsp3) is 0.650. The van der Waals surface area contributed by atoms with E-state index < -0.39 is 0 Å². The van der Waals surface area contributed by atoms with Crippen molar-refractivity contribution in [3.8, 4) is 5.75 Å². The molecule has 0 unspecified atom stereocenters. The molecule has 7 nitrogen and oxygen atoms in total. The molecule has 0 aliphatic carbocycles. The number of guanidine groups is 1. The first-order valence-electron chi connectivity index (χ1n) is 9.51. The van der Waals surface area contributed by atoms with E-state index in [0.29, 0.717) is 39.6 Å². The lowest BCUT2D eigenvalue weighted by molar-refractivity contribution is 0.0698. The second-order valence-electron chi connectivity index (χ2n) is 6.03. The first-order valence-corrected chi connectivity index (χ1v) is 9.51. The third-order valence-electron chi connectivity index (χ3n) is 3.71. The van der Waals surface area contributed by atoms with Gasteiger partial charge < -0.3 is 29.6 Å². The summed E-state index contributed by atoms with van der Waals surface area (Å²) in [6.45, 7) is 9.30. The lowest BCUT2D eigenvalue weighted by atomic mass is 10.1. The topological polar surface area (TPSA) is 73.3 Å². The van der Waals surface area contributed by atoms with Crippen LogP contribution in [-0.2, 0) is 20.8 Å². The summed E-state index contributed by atoms with van der Waals surface area (Å²) in [6, 6.07) is 6.18. The van der Waals surface area contributed by atoms with Gasteiger partial charge >= 0.3 is 0 Å². The quantitative estimate of drug-likeness (QED) is 0.174. The summed E-state index contributed by atoms with van der Waals surface area (Å²) in [5.41, 5.74) is 2.21. The van der Waals surface area contributed by atoms with Gasteiger partial charge in [-0.1, -0.05) is 12.1 Å². The Bertz CT molecular complexity index is 544. The van der Waals surface area contributed by atoms with Crippen LogP contribution in [0.15, 0.2) is 23.2 Å². The van der Waals surface area contributed by atoms with E-state index in [0.717, 1.165) is 42.3 Å². The molecular formula is C20H36IN3O4. The van der Waals surface area contributed by atoms with Crippen LogP contribution in [0.4, 0.5) is 0 Å². The SMILES string of the molecule is CCNC(=NCc1ccc(C)cc1OCCOC)NCCCOCCOC.I. The highest BCUT2D eigenvalue weighted by atomic mass is 127. The molecule has 0 radical (unpaired) electrons. The van der Waals surface area contributed by atoms with Gasteiger partial charge in [0.05, 0.1) is 26.4 Å². The molecular weight excluding hydrogens is 473 g/mol. The monoisotopic (exact) mass is 509 g/mol. The molecule has 0 saturated heterocycles. The Balaban J connectivity index is 0.00000729. The molecule has 1 aromatic carbocycles. The zero-order valence-electron chi connectivity index (χ0n) is 17.6. The lowest BCUT2D eigenvalue weighted by Crippen LogP contribution is -2.38. The van der Waals surface area contributed by atoms with Crippen molar-refractivity contribution in [2.45, 2.75) is 26.8 Å². The molecule has 0 aliphatic heterocycles. The molecule has 0 spiro atoms. The molecule has 0 heterocycles. The number of hydrogen-bond donors (Lipinski definition) is 2. The third-order valence-corrected chi connectivity index (χ3v) is 3.71. The lowest BCUT2D eigenvalue weighted by Gasteiger charge is -2.13. The van der Waals surface area contributed by atoms with E-state index >= 15 is 0 Å². The van der Waals surface area contributed by atoms with Gasteiger partial charge in [0, 0.05) is 39.5 Å². The van der Waals surface area contributed by atoms with E-state index in [9.17, 15) is 0 Å². The number of benzene rings is 1. The number of nitrogens with zero attached hydrogens (tertiary/aromatic N) is 1. The molecule has 0 bridgehead atoms. The Labute approximate surface area is 186 Å². The number of hydrogen-bond acceptors (Lipinski definition) is 5. The third kappa shape index (κ3) is 12.4. The van der Waals surface area contributed by atoms with Crippen LogP contribution in [-0.4, -0.2) is 66.3 Å².